The molecular weight excluding hydrogens is 206 g/mol. The van der Waals surface area contributed by atoms with Crippen LogP contribution in [0.1, 0.15) is 20.3 Å². The monoisotopic (exact) mass is 227 g/mol. The Kier molecular flexibility index (Phi) is 5.88. The Morgan fingerprint density at radius 3 is 2.94 bits per heavy atom. The highest BCUT2D eigenvalue weighted by molar-refractivity contribution is 5.11. The molecule has 1 rings (SSSR count). The van der Waals surface area contributed by atoms with Crippen LogP contribution in [-0.2, 0) is 11.3 Å². The second-order valence-corrected chi connectivity index (χ2v) is 3.56. The highest BCUT2D eigenvalue weighted by atomic mass is 16.5. The van der Waals surface area contributed by atoms with Crippen molar-refractivity contribution in [2.24, 2.45) is 5.73 Å². The molecule has 0 aromatic carbocycles. The maximum Gasteiger partial charge on any atom is 0.157 e. The minimum atomic E-state index is -0.0421. The Balaban J connectivity index is 2.34. The molecule has 1 aromatic heterocycles. The number of hydrogen-bond acceptors (Lipinski definition) is 4. The van der Waals surface area contributed by atoms with Crippen molar-refractivity contribution in [3.05, 3.63) is 12.4 Å². The summed E-state index contributed by atoms with van der Waals surface area (Å²) in [5.41, 5.74) is 5.55. The van der Waals surface area contributed by atoms with Crippen LogP contribution in [0.25, 0.3) is 0 Å². The van der Waals surface area contributed by atoms with Crippen LogP contribution in [0.5, 0.6) is 5.75 Å². The first-order valence-electron chi connectivity index (χ1n) is 5.77. The van der Waals surface area contributed by atoms with Gasteiger partial charge in [0.1, 0.15) is 12.7 Å². The summed E-state index contributed by atoms with van der Waals surface area (Å²) in [5.74, 6) is 0.770. The Hall–Kier alpha value is -1.07. The smallest absolute Gasteiger partial charge is 0.157 e. The molecule has 1 unspecified atom stereocenters. The minimum Gasteiger partial charge on any atom is -0.488 e. The Morgan fingerprint density at radius 2 is 2.31 bits per heavy atom. The predicted molar refractivity (Wildman–Crippen MR) is 62.5 cm³/mol. The van der Waals surface area contributed by atoms with E-state index in [4.69, 9.17) is 15.2 Å². The van der Waals surface area contributed by atoms with Crippen molar-refractivity contribution >= 4 is 0 Å². The average Bonchev–Trinajstić information content (AvgIpc) is 2.72. The predicted octanol–water partition coefficient (Wildman–Crippen LogP) is 1.04. The number of hydrogen-bond donors (Lipinski definition) is 1. The number of nitrogens with two attached hydrogens (primary N) is 1. The van der Waals surface area contributed by atoms with E-state index in [1.165, 1.54) is 0 Å². The molecule has 1 aromatic rings. The normalized spacial score (nSPS) is 12.7. The van der Waals surface area contributed by atoms with Crippen molar-refractivity contribution in [2.45, 2.75) is 32.9 Å². The molecule has 0 aliphatic heterocycles. The van der Waals surface area contributed by atoms with Gasteiger partial charge in [0.05, 0.1) is 12.4 Å². The van der Waals surface area contributed by atoms with Gasteiger partial charge < -0.3 is 15.2 Å². The molecule has 0 saturated heterocycles. The topological polar surface area (TPSA) is 62.3 Å². The quantitative estimate of drug-likeness (QED) is 0.720. The summed E-state index contributed by atoms with van der Waals surface area (Å²) in [6, 6.07) is 0. The summed E-state index contributed by atoms with van der Waals surface area (Å²) in [6.07, 6.45) is 4.63. The number of aromatic nitrogens is 2. The summed E-state index contributed by atoms with van der Waals surface area (Å²) in [7, 11) is 0. The largest absolute Gasteiger partial charge is 0.488 e. The second-order valence-electron chi connectivity index (χ2n) is 3.56. The van der Waals surface area contributed by atoms with Crippen molar-refractivity contribution in [2.75, 3.05) is 19.8 Å². The second kappa shape index (κ2) is 7.24. The molecule has 0 aliphatic carbocycles. The van der Waals surface area contributed by atoms with E-state index in [1.54, 1.807) is 6.20 Å². The Labute approximate surface area is 96.5 Å². The van der Waals surface area contributed by atoms with E-state index in [-0.39, 0.29) is 6.10 Å². The van der Waals surface area contributed by atoms with Crippen LogP contribution < -0.4 is 10.5 Å². The fraction of sp³-hybridized carbons (Fsp3) is 0.727. The number of nitrogens with zero attached hydrogens (tertiary/aromatic N) is 2. The van der Waals surface area contributed by atoms with Gasteiger partial charge in [0.25, 0.3) is 0 Å². The molecule has 16 heavy (non-hydrogen) atoms. The maximum absolute atomic E-state index is 5.55. The van der Waals surface area contributed by atoms with Gasteiger partial charge in [-0.15, -0.1) is 0 Å². The summed E-state index contributed by atoms with van der Waals surface area (Å²) in [5, 5.41) is 4.18. The maximum atomic E-state index is 5.55. The van der Waals surface area contributed by atoms with Crippen molar-refractivity contribution in [1.29, 1.82) is 0 Å². The van der Waals surface area contributed by atoms with Gasteiger partial charge in [-0.1, -0.05) is 6.92 Å². The van der Waals surface area contributed by atoms with E-state index in [0.29, 0.717) is 19.8 Å². The molecule has 0 aliphatic rings. The third kappa shape index (κ3) is 4.20. The Bertz CT molecular complexity index is 289. The highest BCUT2D eigenvalue weighted by Gasteiger charge is 2.07. The molecule has 5 heteroatoms. The summed E-state index contributed by atoms with van der Waals surface area (Å²) in [4.78, 5) is 0. The van der Waals surface area contributed by atoms with Crippen molar-refractivity contribution < 1.29 is 9.47 Å². The lowest BCUT2D eigenvalue weighted by atomic mass is 10.4. The molecule has 0 fully saturated rings. The van der Waals surface area contributed by atoms with Gasteiger partial charge >= 0.3 is 0 Å². The first-order valence-corrected chi connectivity index (χ1v) is 5.77. The van der Waals surface area contributed by atoms with Gasteiger partial charge in [0, 0.05) is 19.7 Å². The highest BCUT2D eigenvalue weighted by Crippen LogP contribution is 2.09. The van der Waals surface area contributed by atoms with Crippen LogP contribution in [0, 0.1) is 0 Å². The van der Waals surface area contributed by atoms with Crippen LogP contribution in [-0.4, -0.2) is 35.6 Å². The lowest BCUT2D eigenvalue weighted by Gasteiger charge is -2.14. The minimum absolute atomic E-state index is 0.0421. The van der Waals surface area contributed by atoms with E-state index >= 15 is 0 Å². The molecule has 2 N–H and O–H groups in total. The molecule has 5 nitrogen and oxygen atoms in total. The molecule has 1 heterocycles. The summed E-state index contributed by atoms with van der Waals surface area (Å²) < 4.78 is 12.8. The number of ether oxygens (including phenoxy) is 2. The third-order valence-corrected chi connectivity index (χ3v) is 2.16. The third-order valence-electron chi connectivity index (χ3n) is 2.16. The summed E-state index contributed by atoms with van der Waals surface area (Å²) >= 11 is 0. The first-order chi connectivity index (χ1) is 7.80. The SMILES string of the molecule is CCCn1cc(OCC(CN)OCC)cn1. The van der Waals surface area contributed by atoms with Gasteiger partial charge in [0.15, 0.2) is 5.75 Å². The van der Waals surface area contributed by atoms with Crippen LogP contribution in [0.15, 0.2) is 12.4 Å². The van der Waals surface area contributed by atoms with E-state index in [0.717, 1.165) is 18.7 Å². The van der Waals surface area contributed by atoms with Crippen LogP contribution in [0.4, 0.5) is 0 Å². The fourth-order valence-corrected chi connectivity index (χ4v) is 1.38. The lowest BCUT2D eigenvalue weighted by molar-refractivity contribution is 0.0337. The van der Waals surface area contributed by atoms with Crippen molar-refractivity contribution in [3.63, 3.8) is 0 Å². The van der Waals surface area contributed by atoms with Gasteiger partial charge in [0.2, 0.25) is 0 Å². The van der Waals surface area contributed by atoms with Gasteiger partial charge in [-0.05, 0) is 13.3 Å². The molecule has 0 amide bonds. The molecule has 1 atom stereocenters. The molecule has 0 saturated carbocycles. The lowest BCUT2D eigenvalue weighted by Crippen LogP contribution is -2.30. The van der Waals surface area contributed by atoms with Crippen molar-refractivity contribution in [1.82, 2.24) is 9.78 Å². The average molecular weight is 227 g/mol. The molecule has 0 bridgehead atoms. The Morgan fingerprint density at radius 1 is 1.50 bits per heavy atom. The van der Waals surface area contributed by atoms with E-state index < -0.39 is 0 Å². The van der Waals surface area contributed by atoms with Gasteiger partial charge in [-0.3, -0.25) is 4.68 Å². The number of aryl methyl sites for hydroxylation is 1. The molecular formula is C11H21N3O2. The molecule has 0 radical (unpaired) electrons. The van der Waals surface area contributed by atoms with E-state index in [2.05, 4.69) is 12.0 Å². The van der Waals surface area contributed by atoms with Crippen LogP contribution >= 0.6 is 0 Å². The molecule has 0 spiro atoms. The molecule has 92 valence electrons. The van der Waals surface area contributed by atoms with Gasteiger partial charge in [-0.2, -0.15) is 5.10 Å². The zero-order chi connectivity index (χ0) is 11.8. The fourth-order valence-electron chi connectivity index (χ4n) is 1.38. The first kappa shape index (κ1) is 13.0. The zero-order valence-corrected chi connectivity index (χ0v) is 10.1. The van der Waals surface area contributed by atoms with Crippen LogP contribution in [0.3, 0.4) is 0 Å². The van der Waals surface area contributed by atoms with Gasteiger partial charge in [-0.25, -0.2) is 0 Å². The zero-order valence-electron chi connectivity index (χ0n) is 10.1. The standard InChI is InChI=1S/C11H21N3O2/c1-3-5-14-8-11(7-13-14)16-9-10(6-12)15-4-2/h7-8,10H,3-6,9,12H2,1-2H3. The summed E-state index contributed by atoms with van der Waals surface area (Å²) in [6.45, 7) is 6.57. The van der Waals surface area contributed by atoms with E-state index in [9.17, 15) is 0 Å². The number of rotatable bonds is 8. The van der Waals surface area contributed by atoms with Crippen molar-refractivity contribution in [3.8, 4) is 5.75 Å². The van der Waals surface area contributed by atoms with E-state index in [1.807, 2.05) is 17.8 Å². The van der Waals surface area contributed by atoms with Crippen LogP contribution in [0.2, 0.25) is 0 Å².